The highest BCUT2D eigenvalue weighted by atomic mass is 16.3. The number of carbonyl (C=O) groups excluding carboxylic acids is 2. The van der Waals surface area contributed by atoms with Gasteiger partial charge in [-0.3, -0.25) is 14.6 Å². The predicted molar refractivity (Wildman–Crippen MR) is 127 cm³/mol. The van der Waals surface area contributed by atoms with Crippen LogP contribution in [0.15, 0.2) is 96.8 Å². The molecule has 3 aromatic carbocycles. The SMILES string of the molecule is Cc1ccccc1C1/C(=C(\O)c2ccc3ccccc3c2)C(=O)C(=O)N1Cc1cccnc1. The summed E-state index contributed by atoms with van der Waals surface area (Å²) >= 11 is 0. The second-order valence-corrected chi connectivity index (χ2v) is 8.21. The smallest absolute Gasteiger partial charge is 0.295 e. The van der Waals surface area contributed by atoms with Gasteiger partial charge in [0.25, 0.3) is 11.7 Å². The van der Waals surface area contributed by atoms with Gasteiger partial charge in [0.15, 0.2) is 0 Å². The first-order valence-electron chi connectivity index (χ1n) is 10.8. The molecule has 5 rings (SSSR count). The van der Waals surface area contributed by atoms with Crippen LogP contribution in [0.25, 0.3) is 16.5 Å². The average molecular weight is 434 g/mol. The number of benzene rings is 3. The maximum absolute atomic E-state index is 13.3. The van der Waals surface area contributed by atoms with E-state index in [1.54, 1.807) is 24.5 Å². The number of amides is 1. The van der Waals surface area contributed by atoms with Gasteiger partial charge in [-0.05, 0) is 46.5 Å². The molecule has 1 amide bonds. The van der Waals surface area contributed by atoms with Gasteiger partial charge in [0.2, 0.25) is 0 Å². The van der Waals surface area contributed by atoms with Crippen molar-refractivity contribution in [3.8, 4) is 0 Å². The van der Waals surface area contributed by atoms with Crippen LogP contribution < -0.4 is 0 Å². The second-order valence-electron chi connectivity index (χ2n) is 8.21. The molecule has 0 aliphatic carbocycles. The summed E-state index contributed by atoms with van der Waals surface area (Å²) in [6, 6.07) is 23.9. The number of likely N-dealkylation sites (tertiary alicyclic amines) is 1. The molecule has 1 unspecified atom stereocenters. The zero-order chi connectivity index (χ0) is 22.9. The van der Waals surface area contributed by atoms with E-state index in [0.29, 0.717) is 5.56 Å². The standard InChI is InChI=1S/C28H22N2O3/c1-18-7-2-5-11-23(18)25-24(26(31)22-13-12-20-9-3-4-10-21(20)15-22)27(32)28(33)30(25)17-19-8-6-14-29-16-19/h2-16,25,31H,17H2,1H3/b26-24+. The molecule has 33 heavy (non-hydrogen) atoms. The molecule has 1 aliphatic heterocycles. The third kappa shape index (κ3) is 3.68. The van der Waals surface area contributed by atoms with E-state index in [-0.39, 0.29) is 17.9 Å². The van der Waals surface area contributed by atoms with Crippen LogP contribution in [0.4, 0.5) is 0 Å². The second kappa shape index (κ2) is 8.36. The maximum Gasteiger partial charge on any atom is 0.295 e. The molecule has 5 nitrogen and oxygen atoms in total. The van der Waals surface area contributed by atoms with Crippen molar-refractivity contribution in [3.05, 3.63) is 119 Å². The van der Waals surface area contributed by atoms with Crippen LogP contribution in [0.3, 0.4) is 0 Å². The van der Waals surface area contributed by atoms with Crippen LogP contribution in [0.2, 0.25) is 0 Å². The van der Waals surface area contributed by atoms with E-state index >= 15 is 0 Å². The fraction of sp³-hybridized carbons (Fsp3) is 0.107. The topological polar surface area (TPSA) is 70.5 Å². The molecule has 4 aromatic rings. The summed E-state index contributed by atoms with van der Waals surface area (Å²) in [4.78, 5) is 32.1. The Hall–Kier alpha value is -4.25. The van der Waals surface area contributed by atoms with Gasteiger partial charge in [0.05, 0.1) is 11.6 Å². The lowest BCUT2D eigenvalue weighted by molar-refractivity contribution is -0.140. The summed E-state index contributed by atoms with van der Waals surface area (Å²) in [5.74, 6) is -1.48. The number of carbonyl (C=O) groups is 2. The highest BCUT2D eigenvalue weighted by Gasteiger charge is 2.46. The number of aryl methyl sites for hydroxylation is 1. The van der Waals surface area contributed by atoms with Gasteiger partial charge in [-0.15, -0.1) is 0 Å². The van der Waals surface area contributed by atoms with Crippen LogP contribution in [-0.4, -0.2) is 26.7 Å². The van der Waals surface area contributed by atoms with Crippen molar-refractivity contribution < 1.29 is 14.7 Å². The number of hydrogen-bond acceptors (Lipinski definition) is 4. The van der Waals surface area contributed by atoms with Gasteiger partial charge in [0.1, 0.15) is 5.76 Å². The number of hydrogen-bond donors (Lipinski definition) is 1. The molecular formula is C28H22N2O3. The fourth-order valence-corrected chi connectivity index (χ4v) is 4.44. The van der Waals surface area contributed by atoms with E-state index in [1.807, 2.05) is 73.7 Å². The van der Waals surface area contributed by atoms with E-state index in [4.69, 9.17) is 0 Å². The molecule has 2 heterocycles. The van der Waals surface area contributed by atoms with Gasteiger partial charge in [-0.1, -0.05) is 66.7 Å². The van der Waals surface area contributed by atoms with Crippen molar-refractivity contribution in [1.29, 1.82) is 0 Å². The van der Waals surface area contributed by atoms with Crippen molar-refractivity contribution in [2.45, 2.75) is 19.5 Å². The lowest BCUT2D eigenvalue weighted by atomic mass is 9.92. The largest absolute Gasteiger partial charge is 0.507 e. The Bertz CT molecular complexity index is 1410. The molecule has 0 saturated carbocycles. The molecule has 1 N–H and O–H groups in total. The maximum atomic E-state index is 13.3. The van der Waals surface area contributed by atoms with E-state index in [1.165, 1.54) is 4.90 Å². The first kappa shape index (κ1) is 20.6. The summed E-state index contributed by atoms with van der Waals surface area (Å²) in [6.07, 6.45) is 3.34. The van der Waals surface area contributed by atoms with E-state index in [9.17, 15) is 14.7 Å². The number of aliphatic hydroxyl groups is 1. The van der Waals surface area contributed by atoms with Crippen molar-refractivity contribution in [3.63, 3.8) is 0 Å². The van der Waals surface area contributed by atoms with Gasteiger partial charge < -0.3 is 10.0 Å². The van der Waals surface area contributed by atoms with Crippen molar-refractivity contribution in [1.82, 2.24) is 9.88 Å². The summed E-state index contributed by atoms with van der Waals surface area (Å²) in [5, 5.41) is 13.3. The number of aromatic nitrogens is 1. The average Bonchev–Trinajstić information content (AvgIpc) is 3.09. The third-order valence-corrected chi connectivity index (χ3v) is 6.12. The van der Waals surface area contributed by atoms with E-state index in [2.05, 4.69) is 4.98 Å². The van der Waals surface area contributed by atoms with Crippen LogP contribution in [0.5, 0.6) is 0 Å². The van der Waals surface area contributed by atoms with Crippen molar-refractivity contribution in [2.75, 3.05) is 0 Å². The van der Waals surface area contributed by atoms with Crippen LogP contribution in [0.1, 0.15) is 28.3 Å². The number of rotatable bonds is 4. The Morgan fingerprint density at radius 1 is 0.939 bits per heavy atom. The van der Waals surface area contributed by atoms with Gasteiger partial charge >= 0.3 is 0 Å². The van der Waals surface area contributed by atoms with Crippen molar-refractivity contribution in [2.24, 2.45) is 0 Å². The summed E-state index contributed by atoms with van der Waals surface area (Å²) in [6.45, 7) is 2.15. The fourth-order valence-electron chi connectivity index (χ4n) is 4.44. The van der Waals surface area contributed by atoms with E-state index < -0.39 is 17.7 Å². The molecule has 162 valence electrons. The monoisotopic (exact) mass is 434 g/mol. The van der Waals surface area contributed by atoms with Crippen LogP contribution in [0, 0.1) is 6.92 Å². The normalized spacial score (nSPS) is 17.6. The molecule has 1 saturated heterocycles. The zero-order valence-electron chi connectivity index (χ0n) is 18.1. The minimum atomic E-state index is -0.696. The molecule has 1 fully saturated rings. The summed E-state index contributed by atoms with van der Waals surface area (Å²) in [7, 11) is 0. The lowest BCUT2D eigenvalue weighted by Gasteiger charge is -2.26. The Morgan fingerprint density at radius 3 is 2.45 bits per heavy atom. The number of aliphatic hydroxyl groups excluding tert-OH is 1. The lowest BCUT2D eigenvalue weighted by Crippen LogP contribution is -2.29. The Balaban J connectivity index is 1.68. The number of nitrogens with zero attached hydrogens (tertiary/aromatic N) is 2. The van der Waals surface area contributed by atoms with Crippen molar-refractivity contribution >= 4 is 28.2 Å². The molecule has 0 bridgehead atoms. The zero-order valence-corrected chi connectivity index (χ0v) is 18.1. The van der Waals surface area contributed by atoms with Gasteiger partial charge in [-0.2, -0.15) is 0 Å². The molecule has 0 spiro atoms. The highest BCUT2D eigenvalue weighted by Crippen LogP contribution is 2.41. The number of Topliss-reactive ketones (excluding diaryl/α,β-unsaturated/α-hetero) is 1. The van der Waals surface area contributed by atoms with Gasteiger partial charge in [0, 0.05) is 24.5 Å². The third-order valence-electron chi connectivity index (χ3n) is 6.12. The highest BCUT2D eigenvalue weighted by molar-refractivity contribution is 6.46. The molecule has 5 heteroatoms. The number of fused-ring (bicyclic) bond motifs is 1. The molecule has 0 radical (unpaired) electrons. The summed E-state index contributed by atoms with van der Waals surface area (Å²) < 4.78 is 0. The minimum absolute atomic E-state index is 0.105. The number of ketones is 1. The molecule has 1 aliphatic rings. The Kier molecular flexibility index (Phi) is 5.23. The van der Waals surface area contributed by atoms with Crippen LogP contribution in [-0.2, 0) is 16.1 Å². The van der Waals surface area contributed by atoms with Crippen LogP contribution >= 0.6 is 0 Å². The number of pyridine rings is 1. The molecule has 1 atom stereocenters. The summed E-state index contributed by atoms with van der Waals surface area (Å²) in [5.41, 5.74) is 3.16. The Labute approximate surface area is 191 Å². The molecule has 1 aromatic heterocycles. The predicted octanol–water partition coefficient (Wildman–Crippen LogP) is 5.17. The minimum Gasteiger partial charge on any atom is -0.507 e. The first-order valence-corrected chi connectivity index (χ1v) is 10.8. The van der Waals surface area contributed by atoms with Gasteiger partial charge in [-0.25, -0.2) is 0 Å². The van der Waals surface area contributed by atoms with E-state index in [0.717, 1.165) is 27.5 Å². The quantitative estimate of drug-likeness (QED) is 0.273. The first-order chi connectivity index (χ1) is 16.0. The molecular weight excluding hydrogens is 412 g/mol. The Morgan fingerprint density at radius 2 is 1.70 bits per heavy atom.